The van der Waals surface area contributed by atoms with Crippen LogP contribution in [0.3, 0.4) is 0 Å². The van der Waals surface area contributed by atoms with Crippen molar-refractivity contribution in [2.75, 3.05) is 6.61 Å². The number of unbranched alkanes of at least 4 members (excludes halogenated alkanes) is 2. The molecule has 28 heavy (non-hydrogen) atoms. The number of hydrogen-bond acceptors (Lipinski definition) is 2. The predicted octanol–water partition coefficient (Wildman–Crippen LogP) is 8.26. The normalized spacial score (nSPS) is 12.9. The molecule has 0 aliphatic heterocycles. The highest BCUT2D eigenvalue weighted by Gasteiger charge is 2.00. The smallest absolute Gasteiger partial charge is 0.306 e. The van der Waals surface area contributed by atoms with Gasteiger partial charge >= 0.3 is 5.97 Å². The number of carbonyl (C=O) groups excluding carboxylic acids is 1. The summed E-state index contributed by atoms with van der Waals surface area (Å²) in [6, 6.07) is 0. The molecule has 0 amide bonds. The van der Waals surface area contributed by atoms with E-state index in [4.69, 9.17) is 4.74 Å². The first kappa shape index (κ1) is 26.4. The maximum Gasteiger partial charge on any atom is 0.306 e. The molecule has 0 radical (unpaired) electrons. The number of carbonyl (C=O) groups is 1. The molecule has 0 aromatic heterocycles. The Balaban J connectivity index is 3.97. The Morgan fingerprint density at radius 2 is 1.18 bits per heavy atom. The first-order valence-electron chi connectivity index (χ1n) is 11.1. The predicted molar refractivity (Wildman–Crippen MR) is 124 cm³/mol. The Hall–Kier alpha value is -1.57. The van der Waals surface area contributed by atoms with E-state index in [0.29, 0.717) is 13.0 Å². The van der Waals surface area contributed by atoms with E-state index >= 15 is 0 Å². The van der Waals surface area contributed by atoms with Crippen LogP contribution in [0.2, 0.25) is 0 Å². The maximum absolute atomic E-state index is 11.6. The van der Waals surface area contributed by atoms with Gasteiger partial charge in [0, 0.05) is 6.42 Å². The highest BCUT2D eigenvalue weighted by atomic mass is 16.5. The van der Waals surface area contributed by atoms with E-state index in [1.54, 1.807) is 0 Å². The zero-order valence-electron chi connectivity index (χ0n) is 19.4. The minimum absolute atomic E-state index is 0.0718. The molecule has 0 atom stereocenters. The molecule has 2 heteroatoms. The van der Waals surface area contributed by atoms with E-state index in [1.165, 1.54) is 28.7 Å². The third-order valence-corrected chi connectivity index (χ3v) is 4.81. The molecule has 0 rings (SSSR count). The lowest BCUT2D eigenvalue weighted by Gasteiger charge is -2.04. The van der Waals surface area contributed by atoms with Crippen LogP contribution in [-0.4, -0.2) is 12.6 Å². The van der Waals surface area contributed by atoms with Gasteiger partial charge in [-0.3, -0.25) is 4.79 Å². The van der Waals surface area contributed by atoms with Crippen molar-refractivity contribution in [1.29, 1.82) is 0 Å². The van der Waals surface area contributed by atoms with Crippen LogP contribution in [0.15, 0.2) is 46.6 Å². The van der Waals surface area contributed by atoms with Gasteiger partial charge in [-0.15, -0.1) is 0 Å². The Labute approximate surface area is 174 Å². The van der Waals surface area contributed by atoms with E-state index < -0.39 is 0 Å². The molecule has 0 fully saturated rings. The van der Waals surface area contributed by atoms with Gasteiger partial charge in [0.1, 0.15) is 6.61 Å². The lowest BCUT2D eigenvalue weighted by atomic mass is 10.0. The zero-order valence-corrected chi connectivity index (χ0v) is 19.4. The standard InChI is InChI=1S/C26H44O2/c1-7-8-9-19-26(27)28-21-20-25(6)18-12-17-24(5)16-11-15-23(4)14-10-13-22(2)3/h13,15,17,20H,7-12,14,16,18-19,21H2,1-6H3/b23-15+,24-17?,25-20+. The van der Waals surface area contributed by atoms with Crippen molar-refractivity contribution in [3.05, 3.63) is 46.6 Å². The quantitative estimate of drug-likeness (QED) is 0.160. The second kappa shape index (κ2) is 17.5. The summed E-state index contributed by atoms with van der Waals surface area (Å²) < 4.78 is 5.26. The van der Waals surface area contributed by atoms with Crippen molar-refractivity contribution < 1.29 is 9.53 Å². The molecular formula is C26H44O2. The summed E-state index contributed by atoms with van der Waals surface area (Å²) in [6.07, 6.45) is 19.5. The molecule has 0 aromatic rings. The van der Waals surface area contributed by atoms with Gasteiger partial charge in [0.2, 0.25) is 0 Å². The maximum atomic E-state index is 11.6. The second-order valence-corrected chi connectivity index (χ2v) is 8.19. The molecule has 0 bridgehead atoms. The summed E-state index contributed by atoms with van der Waals surface area (Å²) in [5.41, 5.74) is 5.65. The lowest BCUT2D eigenvalue weighted by molar-refractivity contribution is -0.142. The van der Waals surface area contributed by atoms with Crippen molar-refractivity contribution in [1.82, 2.24) is 0 Å². The number of allylic oxidation sites excluding steroid dienone is 7. The van der Waals surface area contributed by atoms with Crippen molar-refractivity contribution >= 4 is 5.97 Å². The molecule has 0 heterocycles. The molecule has 0 saturated carbocycles. The van der Waals surface area contributed by atoms with Gasteiger partial charge in [-0.1, -0.05) is 60.3 Å². The first-order chi connectivity index (χ1) is 13.3. The number of esters is 1. The van der Waals surface area contributed by atoms with Crippen molar-refractivity contribution in [2.45, 2.75) is 106 Å². The number of hydrogen-bond donors (Lipinski definition) is 0. The molecule has 2 nitrogen and oxygen atoms in total. The largest absolute Gasteiger partial charge is 0.461 e. The van der Waals surface area contributed by atoms with Crippen molar-refractivity contribution in [3.63, 3.8) is 0 Å². The molecule has 0 N–H and O–H groups in total. The summed E-state index contributed by atoms with van der Waals surface area (Å²) in [6.45, 7) is 13.4. The van der Waals surface area contributed by atoms with Crippen LogP contribution in [0.25, 0.3) is 0 Å². The average molecular weight is 389 g/mol. The minimum Gasteiger partial charge on any atom is -0.461 e. The second-order valence-electron chi connectivity index (χ2n) is 8.19. The fourth-order valence-corrected chi connectivity index (χ4v) is 2.86. The van der Waals surface area contributed by atoms with Gasteiger partial charge in [-0.25, -0.2) is 0 Å². The van der Waals surface area contributed by atoms with Crippen molar-refractivity contribution in [2.24, 2.45) is 0 Å². The van der Waals surface area contributed by atoms with Gasteiger partial charge in [0.25, 0.3) is 0 Å². The van der Waals surface area contributed by atoms with E-state index in [-0.39, 0.29) is 5.97 Å². The summed E-state index contributed by atoms with van der Waals surface area (Å²) >= 11 is 0. The molecule has 0 saturated heterocycles. The summed E-state index contributed by atoms with van der Waals surface area (Å²) in [5.74, 6) is -0.0718. The van der Waals surface area contributed by atoms with Gasteiger partial charge in [0.15, 0.2) is 0 Å². The topological polar surface area (TPSA) is 26.3 Å². The molecule has 0 spiro atoms. The Kier molecular flexibility index (Phi) is 16.5. The number of ether oxygens (including phenoxy) is 1. The Morgan fingerprint density at radius 1 is 0.679 bits per heavy atom. The van der Waals surface area contributed by atoms with Crippen molar-refractivity contribution in [3.8, 4) is 0 Å². The van der Waals surface area contributed by atoms with Gasteiger partial charge < -0.3 is 4.74 Å². The van der Waals surface area contributed by atoms with Crippen LogP contribution in [0.1, 0.15) is 106 Å². The summed E-state index contributed by atoms with van der Waals surface area (Å²) in [7, 11) is 0. The Morgan fingerprint density at radius 3 is 1.68 bits per heavy atom. The van der Waals surface area contributed by atoms with Crippen LogP contribution in [0, 0.1) is 0 Å². The lowest BCUT2D eigenvalue weighted by Crippen LogP contribution is -2.04. The van der Waals surface area contributed by atoms with Crippen LogP contribution >= 0.6 is 0 Å². The van der Waals surface area contributed by atoms with Crippen LogP contribution in [-0.2, 0) is 9.53 Å². The molecule has 0 unspecified atom stereocenters. The molecule has 0 aromatic carbocycles. The minimum atomic E-state index is -0.0718. The number of rotatable bonds is 15. The molecular weight excluding hydrogens is 344 g/mol. The van der Waals surface area contributed by atoms with Gasteiger partial charge in [-0.2, -0.15) is 0 Å². The van der Waals surface area contributed by atoms with Crippen LogP contribution < -0.4 is 0 Å². The average Bonchev–Trinajstić information content (AvgIpc) is 2.61. The summed E-state index contributed by atoms with van der Waals surface area (Å²) in [5, 5.41) is 0. The molecule has 160 valence electrons. The first-order valence-corrected chi connectivity index (χ1v) is 11.1. The fourth-order valence-electron chi connectivity index (χ4n) is 2.86. The highest BCUT2D eigenvalue weighted by Crippen LogP contribution is 2.13. The van der Waals surface area contributed by atoms with E-state index in [1.807, 2.05) is 6.08 Å². The van der Waals surface area contributed by atoms with Crippen LogP contribution in [0.4, 0.5) is 0 Å². The molecule has 0 aliphatic carbocycles. The van der Waals surface area contributed by atoms with E-state index in [9.17, 15) is 4.79 Å². The van der Waals surface area contributed by atoms with E-state index in [2.05, 4.69) is 59.8 Å². The zero-order chi connectivity index (χ0) is 21.2. The fraction of sp³-hybridized carbons (Fsp3) is 0.654. The van der Waals surface area contributed by atoms with Crippen LogP contribution in [0.5, 0.6) is 0 Å². The van der Waals surface area contributed by atoms with E-state index in [0.717, 1.165) is 51.4 Å². The molecule has 0 aliphatic rings. The Bertz CT molecular complexity index is 543. The highest BCUT2D eigenvalue weighted by molar-refractivity contribution is 5.69. The SMILES string of the molecule is CCCCCC(=O)OC/C=C(\C)CCC=C(C)CC/C=C(\C)CCC=C(C)C. The third-order valence-electron chi connectivity index (χ3n) is 4.81. The summed E-state index contributed by atoms with van der Waals surface area (Å²) in [4.78, 5) is 11.6. The third kappa shape index (κ3) is 17.8. The van der Waals surface area contributed by atoms with Gasteiger partial charge in [-0.05, 0) is 85.6 Å². The monoisotopic (exact) mass is 388 g/mol. The van der Waals surface area contributed by atoms with Gasteiger partial charge in [0.05, 0.1) is 0 Å².